The van der Waals surface area contributed by atoms with Crippen LogP contribution in [0.1, 0.15) is 55.7 Å². The minimum Gasteiger partial charge on any atom is -0.384 e. The highest BCUT2D eigenvalue weighted by atomic mass is 16.5. The molecule has 0 spiro atoms. The van der Waals surface area contributed by atoms with Gasteiger partial charge in [-0.15, -0.1) is 0 Å². The van der Waals surface area contributed by atoms with E-state index in [1.807, 2.05) is 16.0 Å². The Kier molecular flexibility index (Phi) is 5.63. The van der Waals surface area contributed by atoms with E-state index in [1.165, 1.54) is 0 Å². The van der Waals surface area contributed by atoms with Crippen LogP contribution < -0.4 is 0 Å². The zero-order valence-electron chi connectivity index (χ0n) is 15.0. The molecule has 0 aliphatic carbocycles. The zero-order chi connectivity index (χ0) is 17.8. The number of aromatic nitrogens is 2. The van der Waals surface area contributed by atoms with Crippen LogP contribution in [0.3, 0.4) is 0 Å². The molecule has 0 bridgehead atoms. The van der Waals surface area contributed by atoms with Crippen molar-refractivity contribution >= 4 is 11.8 Å². The van der Waals surface area contributed by atoms with Crippen LogP contribution in [0.25, 0.3) is 0 Å². The van der Waals surface area contributed by atoms with Gasteiger partial charge in [0, 0.05) is 51.8 Å². The third kappa shape index (κ3) is 3.98. The number of fused-ring (bicyclic) bond motifs is 1. The van der Waals surface area contributed by atoms with Crippen molar-refractivity contribution in [2.45, 2.75) is 51.6 Å². The molecule has 136 valence electrons. The number of ether oxygens (including phenoxy) is 1. The molecule has 1 fully saturated rings. The molecule has 3 heterocycles. The second-order valence-electron chi connectivity index (χ2n) is 6.73. The Bertz CT molecular complexity index is 649. The van der Waals surface area contributed by atoms with Crippen molar-refractivity contribution in [1.29, 1.82) is 0 Å². The first kappa shape index (κ1) is 17.8. The molecule has 2 amide bonds. The lowest BCUT2D eigenvalue weighted by Crippen LogP contribution is -2.39. The Morgan fingerprint density at radius 1 is 1.32 bits per heavy atom. The van der Waals surface area contributed by atoms with Gasteiger partial charge in [0.05, 0.1) is 24.8 Å². The molecule has 0 aromatic carbocycles. The van der Waals surface area contributed by atoms with Crippen LogP contribution >= 0.6 is 0 Å². The summed E-state index contributed by atoms with van der Waals surface area (Å²) in [5.74, 6) is 0.931. The molecular weight excluding hydrogens is 320 g/mol. The maximum atomic E-state index is 12.2. The molecule has 2 aliphatic rings. The van der Waals surface area contributed by atoms with Crippen molar-refractivity contribution in [3.05, 3.63) is 23.3 Å². The van der Waals surface area contributed by atoms with Crippen LogP contribution in [-0.4, -0.2) is 58.4 Å². The van der Waals surface area contributed by atoms with Crippen LogP contribution in [0.4, 0.5) is 0 Å². The third-order valence-corrected chi connectivity index (χ3v) is 5.03. The molecule has 7 heteroatoms. The Balaban J connectivity index is 1.73. The Labute approximate surface area is 148 Å². The highest BCUT2D eigenvalue weighted by Gasteiger charge is 2.29. The molecule has 0 radical (unpaired) electrons. The van der Waals surface area contributed by atoms with Gasteiger partial charge in [0.15, 0.2) is 5.82 Å². The number of likely N-dealkylation sites (tertiary alicyclic amines) is 1. The second-order valence-corrected chi connectivity index (χ2v) is 6.73. The second kappa shape index (κ2) is 7.91. The topological polar surface area (TPSA) is 75.6 Å². The smallest absolute Gasteiger partial charge is 0.225 e. The average molecular weight is 346 g/mol. The fourth-order valence-electron chi connectivity index (χ4n) is 3.63. The van der Waals surface area contributed by atoms with Gasteiger partial charge in [-0.1, -0.05) is 0 Å². The number of nitrogens with zero attached hydrogens (tertiary/aromatic N) is 4. The van der Waals surface area contributed by atoms with E-state index in [9.17, 15) is 9.59 Å². The molecule has 25 heavy (non-hydrogen) atoms. The number of methoxy groups -OCH3 is 1. The molecule has 1 saturated heterocycles. The van der Waals surface area contributed by atoms with Crippen LogP contribution in [-0.2, 0) is 27.3 Å². The van der Waals surface area contributed by atoms with Crippen LogP contribution in [0.2, 0.25) is 0 Å². The van der Waals surface area contributed by atoms with E-state index >= 15 is 0 Å². The summed E-state index contributed by atoms with van der Waals surface area (Å²) in [6, 6.07) is -0.0158. The predicted molar refractivity (Wildman–Crippen MR) is 91.6 cm³/mol. The van der Waals surface area contributed by atoms with Gasteiger partial charge in [0.25, 0.3) is 0 Å². The van der Waals surface area contributed by atoms with Crippen LogP contribution in [0.15, 0.2) is 6.20 Å². The van der Waals surface area contributed by atoms with Crippen molar-refractivity contribution in [2.75, 3.05) is 26.8 Å². The number of rotatable bonds is 4. The first-order valence-corrected chi connectivity index (χ1v) is 8.98. The number of hydrogen-bond donors (Lipinski definition) is 0. The molecule has 1 unspecified atom stereocenters. The maximum absolute atomic E-state index is 12.2. The van der Waals surface area contributed by atoms with Crippen LogP contribution in [0, 0.1) is 0 Å². The highest BCUT2D eigenvalue weighted by molar-refractivity contribution is 5.76. The molecule has 0 N–H and O–H groups in total. The lowest BCUT2D eigenvalue weighted by atomic mass is 10.0. The Morgan fingerprint density at radius 3 is 2.92 bits per heavy atom. The van der Waals surface area contributed by atoms with Gasteiger partial charge >= 0.3 is 0 Å². The average Bonchev–Trinajstić information content (AvgIpc) is 2.65. The van der Waals surface area contributed by atoms with Gasteiger partial charge in [-0.3, -0.25) is 9.59 Å². The van der Waals surface area contributed by atoms with Crippen molar-refractivity contribution < 1.29 is 14.3 Å². The van der Waals surface area contributed by atoms with Crippen molar-refractivity contribution in [3.63, 3.8) is 0 Å². The van der Waals surface area contributed by atoms with Crippen LogP contribution in [0.5, 0.6) is 0 Å². The van der Waals surface area contributed by atoms with Gasteiger partial charge in [-0.2, -0.15) is 0 Å². The van der Waals surface area contributed by atoms with Gasteiger partial charge < -0.3 is 14.5 Å². The van der Waals surface area contributed by atoms with Crippen molar-refractivity contribution in [2.24, 2.45) is 0 Å². The summed E-state index contributed by atoms with van der Waals surface area (Å²) in [6.45, 7) is 4.06. The number of carbonyl (C=O) groups excluding carboxylic acids is 2. The first-order chi connectivity index (χ1) is 12.1. The standard InChI is InChI=1S/C18H26N4O3/c1-13(23)22-8-4-3-5-16(22)18-19-11-14-12-21(9-6-15(14)20-18)17(24)7-10-25-2/h11,16H,3-10,12H2,1-2H3. The van der Waals surface area contributed by atoms with E-state index in [-0.39, 0.29) is 17.9 Å². The van der Waals surface area contributed by atoms with Gasteiger partial charge in [0.2, 0.25) is 11.8 Å². The normalized spacial score (nSPS) is 20.3. The van der Waals surface area contributed by atoms with Crippen molar-refractivity contribution in [3.8, 4) is 0 Å². The summed E-state index contributed by atoms with van der Waals surface area (Å²) in [5.41, 5.74) is 2.01. The summed E-state index contributed by atoms with van der Waals surface area (Å²) in [4.78, 5) is 37.1. The number of amides is 2. The summed E-state index contributed by atoms with van der Waals surface area (Å²) < 4.78 is 4.98. The minimum atomic E-state index is -0.0158. The lowest BCUT2D eigenvalue weighted by molar-refractivity contribution is -0.134. The van der Waals surface area contributed by atoms with Gasteiger partial charge in [-0.05, 0) is 19.3 Å². The number of carbonyl (C=O) groups is 2. The van der Waals surface area contributed by atoms with Gasteiger partial charge in [-0.25, -0.2) is 9.97 Å². The summed E-state index contributed by atoms with van der Waals surface area (Å²) in [6.07, 6.45) is 6.02. The largest absolute Gasteiger partial charge is 0.384 e. The summed E-state index contributed by atoms with van der Waals surface area (Å²) in [5, 5.41) is 0. The first-order valence-electron chi connectivity index (χ1n) is 8.98. The van der Waals surface area contributed by atoms with E-state index in [2.05, 4.69) is 4.98 Å². The molecule has 1 aromatic heterocycles. The van der Waals surface area contributed by atoms with E-state index in [1.54, 1.807) is 14.0 Å². The van der Waals surface area contributed by atoms with E-state index in [0.717, 1.165) is 49.3 Å². The molecule has 7 nitrogen and oxygen atoms in total. The molecule has 0 saturated carbocycles. The highest BCUT2D eigenvalue weighted by Crippen LogP contribution is 2.30. The Hall–Kier alpha value is -2.02. The number of hydrogen-bond acceptors (Lipinski definition) is 5. The third-order valence-electron chi connectivity index (χ3n) is 5.03. The lowest BCUT2D eigenvalue weighted by Gasteiger charge is -2.35. The van der Waals surface area contributed by atoms with E-state index in [0.29, 0.717) is 26.1 Å². The monoisotopic (exact) mass is 346 g/mol. The predicted octanol–water partition coefficient (Wildman–Crippen LogP) is 1.47. The van der Waals surface area contributed by atoms with Crippen molar-refractivity contribution in [1.82, 2.24) is 19.8 Å². The minimum absolute atomic E-state index is 0.0158. The zero-order valence-corrected chi connectivity index (χ0v) is 15.0. The summed E-state index contributed by atoms with van der Waals surface area (Å²) >= 11 is 0. The fraction of sp³-hybridized carbons (Fsp3) is 0.667. The Morgan fingerprint density at radius 2 is 2.16 bits per heavy atom. The quantitative estimate of drug-likeness (QED) is 0.825. The number of piperidine rings is 1. The molecule has 1 aromatic rings. The van der Waals surface area contributed by atoms with E-state index < -0.39 is 0 Å². The molecule has 2 aliphatic heterocycles. The van der Waals surface area contributed by atoms with Gasteiger partial charge in [0.1, 0.15) is 0 Å². The van der Waals surface area contributed by atoms with E-state index in [4.69, 9.17) is 9.72 Å². The summed E-state index contributed by atoms with van der Waals surface area (Å²) in [7, 11) is 1.60. The molecular formula is C18H26N4O3. The fourth-order valence-corrected chi connectivity index (χ4v) is 3.63. The SMILES string of the molecule is COCCC(=O)N1CCc2nc(C3CCCCN3C(C)=O)ncc2C1. The molecule has 3 rings (SSSR count). The maximum Gasteiger partial charge on any atom is 0.225 e. The molecule has 1 atom stereocenters.